The number of H-pyrrole nitrogens is 1. The van der Waals surface area contributed by atoms with Crippen molar-refractivity contribution in [3.05, 3.63) is 28.1 Å². The summed E-state index contributed by atoms with van der Waals surface area (Å²) in [6.45, 7) is 0.0769. The second kappa shape index (κ2) is 3.47. The van der Waals surface area contributed by atoms with Gasteiger partial charge in [-0.1, -0.05) is 0 Å². The Kier molecular flexibility index (Phi) is 2.11. The third-order valence-electron chi connectivity index (χ3n) is 2.84. The average Bonchev–Trinajstić information content (AvgIpc) is 2.83. The molecule has 0 atom stereocenters. The van der Waals surface area contributed by atoms with Gasteiger partial charge < -0.3 is 5.11 Å². The van der Waals surface area contributed by atoms with Crippen LogP contribution in [0.3, 0.4) is 0 Å². The molecule has 4 heteroatoms. The molecule has 15 heavy (non-hydrogen) atoms. The first-order chi connectivity index (χ1) is 7.40. The van der Waals surface area contributed by atoms with Gasteiger partial charge >= 0.3 is 0 Å². The first-order valence-electron chi connectivity index (χ1n) is 5.10. The van der Waals surface area contributed by atoms with Gasteiger partial charge in [0, 0.05) is 28.1 Å². The predicted octanol–water partition coefficient (Wildman–Crippen LogP) is 2.51. The first kappa shape index (κ1) is 9.12. The summed E-state index contributed by atoms with van der Waals surface area (Å²) in [6.07, 6.45) is 2.44. The van der Waals surface area contributed by atoms with Crippen LogP contribution in [0.4, 0.5) is 0 Å². The molecule has 0 aromatic carbocycles. The van der Waals surface area contributed by atoms with Crippen LogP contribution in [0.25, 0.3) is 11.3 Å². The van der Waals surface area contributed by atoms with E-state index >= 15 is 0 Å². The van der Waals surface area contributed by atoms with Gasteiger partial charge in [-0.05, 0) is 24.3 Å². The molecule has 0 radical (unpaired) electrons. The van der Waals surface area contributed by atoms with E-state index in [1.165, 1.54) is 12.8 Å². The molecule has 0 amide bonds. The molecule has 0 aliphatic heterocycles. The van der Waals surface area contributed by atoms with Crippen LogP contribution in [0.2, 0.25) is 0 Å². The molecule has 2 aromatic heterocycles. The molecule has 1 aliphatic rings. The number of hydrogen-bond acceptors (Lipinski definition) is 3. The van der Waals surface area contributed by atoms with E-state index in [1.54, 1.807) is 11.3 Å². The minimum absolute atomic E-state index is 0.0769. The fourth-order valence-electron chi connectivity index (χ4n) is 1.89. The van der Waals surface area contributed by atoms with E-state index in [0.717, 1.165) is 22.5 Å². The van der Waals surface area contributed by atoms with Crippen LogP contribution >= 0.6 is 11.3 Å². The van der Waals surface area contributed by atoms with Crippen molar-refractivity contribution in [2.45, 2.75) is 25.4 Å². The summed E-state index contributed by atoms with van der Waals surface area (Å²) < 4.78 is 0. The molecule has 1 fully saturated rings. The molecule has 3 nitrogen and oxygen atoms in total. The van der Waals surface area contributed by atoms with Gasteiger partial charge in [0.05, 0.1) is 12.3 Å². The summed E-state index contributed by atoms with van der Waals surface area (Å²) in [5.74, 6) is 0.604. The fraction of sp³-hybridized carbons (Fsp3) is 0.364. The summed E-state index contributed by atoms with van der Waals surface area (Å²) in [7, 11) is 0. The second-order valence-corrected chi connectivity index (χ2v) is 4.69. The summed E-state index contributed by atoms with van der Waals surface area (Å²) in [6, 6.07) is 2.04. The minimum Gasteiger partial charge on any atom is -0.392 e. The Morgan fingerprint density at radius 2 is 2.40 bits per heavy atom. The number of aliphatic hydroxyl groups is 1. The molecule has 0 unspecified atom stereocenters. The van der Waals surface area contributed by atoms with Crippen LogP contribution in [0.15, 0.2) is 16.8 Å². The zero-order valence-corrected chi connectivity index (χ0v) is 9.05. The molecule has 0 bridgehead atoms. The lowest BCUT2D eigenvalue weighted by Gasteiger charge is -1.99. The maximum atomic E-state index is 9.41. The molecule has 0 spiro atoms. The Morgan fingerprint density at radius 1 is 1.53 bits per heavy atom. The van der Waals surface area contributed by atoms with E-state index in [1.807, 2.05) is 11.4 Å². The fourth-order valence-corrected chi connectivity index (χ4v) is 2.53. The van der Waals surface area contributed by atoms with Gasteiger partial charge in [0.25, 0.3) is 0 Å². The lowest BCUT2D eigenvalue weighted by atomic mass is 10.1. The first-order valence-corrected chi connectivity index (χ1v) is 6.05. The molecule has 3 rings (SSSR count). The molecule has 78 valence electrons. The van der Waals surface area contributed by atoms with Gasteiger partial charge in [-0.15, -0.1) is 0 Å². The van der Waals surface area contributed by atoms with Crippen molar-refractivity contribution in [2.24, 2.45) is 0 Å². The highest BCUT2D eigenvalue weighted by Crippen LogP contribution is 2.42. The lowest BCUT2D eigenvalue weighted by Crippen LogP contribution is -1.90. The SMILES string of the molecule is OCc1c(-c2ccsc2)n[nH]c1C1CC1. The number of aliphatic hydroxyl groups excluding tert-OH is 1. The van der Waals surface area contributed by atoms with Crippen LogP contribution in [0.1, 0.15) is 30.0 Å². The van der Waals surface area contributed by atoms with Crippen molar-refractivity contribution >= 4 is 11.3 Å². The van der Waals surface area contributed by atoms with Crippen LogP contribution < -0.4 is 0 Å². The summed E-state index contributed by atoms with van der Waals surface area (Å²) in [5.41, 5.74) is 4.14. The third-order valence-corrected chi connectivity index (χ3v) is 3.52. The van der Waals surface area contributed by atoms with Gasteiger partial charge in [-0.25, -0.2) is 0 Å². The summed E-state index contributed by atoms with van der Waals surface area (Å²) in [5, 5.41) is 20.9. The zero-order valence-electron chi connectivity index (χ0n) is 8.23. The molecule has 2 N–H and O–H groups in total. The van der Waals surface area contributed by atoms with Gasteiger partial charge in [-0.3, -0.25) is 5.10 Å². The smallest absolute Gasteiger partial charge is 0.0987 e. The molecule has 1 saturated carbocycles. The number of nitrogens with zero attached hydrogens (tertiary/aromatic N) is 1. The molecule has 2 aromatic rings. The highest BCUT2D eigenvalue weighted by molar-refractivity contribution is 7.08. The molecular formula is C11H12N2OS. The Hall–Kier alpha value is -1.13. The summed E-state index contributed by atoms with van der Waals surface area (Å²) >= 11 is 1.65. The van der Waals surface area contributed by atoms with E-state index in [-0.39, 0.29) is 6.61 Å². The van der Waals surface area contributed by atoms with Gasteiger partial charge in [-0.2, -0.15) is 16.4 Å². The average molecular weight is 220 g/mol. The van der Waals surface area contributed by atoms with Gasteiger partial charge in [0.1, 0.15) is 0 Å². The lowest BCUT2D eigenvalue weighted by molar-refractivity contribution is 0.281. The van der Waals surface area contributed by atoms with Crippen LogP contribution in [-0.2, 0) is 6.61 Å². The molecular weight excluding hydrogens is 208 g/mol. The Bertz CT molecular complexity index is 457. The number of aromatic nitrogens is 2. The number of rotatable bonds is 3. The maximum Gasteiger partial charge on any atom is 0.0987 e. The topological polar surface area (TPSA) is 48.9 Å². The molecule has 2 heterocycles. The Labute approximate surface area is 91.8 Å². The number of hydrogen-bond donors (Lipinski definition) is 2. The zero-order chi connectivity index (χ0) is 10.3. The second-order valence-electron chi connectivity index (χ2n) is 3.91. The predicted molar refractivity (Wildman–Crippen MR) is 59.8 cm³/mol. The van der Waals surface area contributed by atoms with Gasteiger partial charge in [0.15, 0.2) is 0 Å². The van der Waals surface area contributed by atoms with Crippen molar-refractivity contribution < 1.29 is 5.11 Å². The van der Waals surface area contributed by atoms with Gasteiger partial charge in [0.2, 0.25) is 0 Å². The standard InChI is InChI=1S/C11H12N2OS/c14-5-9-10(7-1-2-7)12-13-11(9)8-3-4-15-6-8/h3-4,6-7,14H,1-2,5H2,(H,12,13). The highest BCUT2D eigenvalue weighted by atomic mass is 32.1. The van der Waals surface area contributed by atoms with Crippen molar-refractivity contribution in [2.75, 3.05) is 0 Å². The Morgan fingerprint density at radius 3 is 3.00 bits per heavy atom. The van der Waals surface area contributed by atoms with E-state index in [2.05, 4.69) is 15.6 Å². The van der Waals surface area contributed by atoms with E-state index in [0.29, 0.717) is 5.92 Å². The van der Waals surface area contributed by atoms with E-state index in [4.69, 9.17) is 0 Å². The van der Waals surface area contributed by atoms with Crippen LogP contribution in [0.5, 0.6) is 0 Å². The quantitative estimate of drug-likeness (QED) is 0.835. The third kappa shape index (κ3) is 1.50. The monoisotopic (exact) mass is 220 g/mol. The maximum absolute atomic E-state index is 9.41. The van der Waals surface area contributed by atoms with Crippen LogP contribution in [0, 0.1) is 0 Å². The number of aromatic amines is 1. The van der Waals surface area contributed by atoms with Crippen molar-refractivity contribution in [3.63, 3.8) is 0 Å². The summed E-state index contributed by atoms with van der Waals surface area (Å²) in [4.78, 5) is 0. The van der Waals surface area contributed by atoms with Crippen molar-refractivity contribution in [1.82, 2.24) is 10.2 Å². The van der Waals surface area contributed by atoms with Crippen molar-refractivity contribution in [3.8, 4) is 11.3 Å². The molecule has 0 saturated heterocycles. The number of thiophene rings is 1. The minimum atomic E-state index is 0.0769. The highest BCUT2D eigenvalue weighted by Gasteiger charge is 2.29. The number of nitrogens with one attached hydrogen (secondary N) is 1. The van der Waals surface area contributed by atoms with Crippen LogP contribution in [-0.4, -0.2) is 15.3 Å². The normalized spacial score (nSPS) is 15.8. The Balaban J connectivity index is 2.07. The largest absolute Gasteiger partial charge is 0.392 e. The van der Waals surface area contributed by atoms with E-state index in [9.17, 15) is 5.11 Å². The molecule has 1 aliphatic carbocycles. The van der Waals surface area contributed by atoms with E-state index < -0.39 is 0 Å². The van der Waals surface area contributed by atoms with Crippen molar-refractivity contribution in [1.29, 1.82) is 0 Å².